The third kappa shape index (κ3) is 9.82. The van der Waals surface area contributed by atoms with Crippen molar-refractivity contribution in [2.45, 2.75) is 31.3 Å². The van der Waals surface area contributed by atoms with E-state index in [9.17, 15) is 28.8 Å². The number of amides is 3. The Bertz CT molecular complexity index is 578. The molecule has 2 atom stereocenters. The number of aliphatic carboxylic acids is 3. The lowest BCUT2D eigenvalue weighted by Crippen LogP contribution is -2.54. The minimum Gasteiger partial charge on any atom is -0.481 e. The highest BCUT2D eigenvalue weighted by Gasteiger charge is 2.28. The third-order valence-corrected chi connectivity index (χ3v) is 2.92. The molecule has 0 saturated heterocycles. The van der Waals surface area contributed by atoms with Crippen molar-refractivity contribution in [3.8, 4) is 0 Å². The standard InChI is InChI=1S/C13H20N4O9/c14-4-8(18)15-5-9(19)16-7(3-11(22)23)12(24)17-6(13(25)26)1-2-10(20)21/h6-7H,1-5,14H2,(H,15,18)(H,16,19)(H,17,24)(H,20,21)(H,22,23)(H,25,26)/t6-,7-/m0/s1. The number of carboxylic acid groups (broad SMARTS) is 3. The Morgan fingerprint density at radius 2 is 1.46 bits per heavy atom. The van der Waals surface area contributed by atoms with Crippen molar-refractivity contribution in [3.05, 3.63) is 0 Å². The second kappa shape index (κ2) is 11.4. The minimum absolute atomic E-state index is 0.379. The summed E-state index contributed by atoms with van der Waals surface area (Å²) >= 11 is 0. The fourth-order valence-corrected chi connectivity index (χ4v) is 1.68. The second-order valence-corrected chi connectivity index (χ2v) is 5.03. The molecule has 13 heteroatoms. The van der Waals surface area contributed by atoms with Gasteiger partial charge in [-0.05, 0) is 6.42 Å². The molecule has 0 spiro atoms. The summed E-state index contributed by atoms with van der Waals surface area (Å²) in [4.78, 5) is 67.1. The molecule has 0 heterocycles. The van der Waals surface area contributed by atoms with Crippen LogP contribution in [-0.2, 0) is 28.8 Å². The molecule has 0 fully saturated rings. The highest BCUT2D eigenvalue weighted by Crippen LogP contribution is 2.01. The van der Waals surface area contributed by atoms with Crippen molar-refractivity contribution in [1.29, 1.82) is 0 Å². The Hall–Kier alpha value is -3.22. The summed E-state index contributed by atoms with van der Waals surface area (Å²) < 4.78 is 0. The smallest absolute Gasteiger partial charge is 0.326 e. The first kappa shape index (κ1) is 22.8. The van der Waals surface area contributed by atoms with Crippen LogP contribution in [0.1, 0.15) is 19.3 Å². The van der Waals surface area contributed by atoms with Gasteiger partial charge in [-0.25, -0.2) is 4.79 Å². The molecule has 13 nitrogen and oxygen atoms in total. The Morgan fingerprint density at radius 3 is 1.92 bits per heavy atom. The van der Waals surface area contributed by atoms with Gasteiger partial charge in [-0.3, -0.25) is 24.0 Å². The molecule has 0 radical (unpaired) electrons. The number of carboxylic acids is 3. The van der Waals surface area contributed by atoms with Gasteiger partial charge in [0.25, 0.3) is 0 Å². The number of nitrogens with one attached hydrogen (secondary N) is 3. The molecule has 0 bridgehead atoms. The number of hydrogen-bond donors (Lipinski definition) is 7. The van der Waals surface area contributed by atoms with Gasteiger partial charge in [0, 0.05) is 6.42 Å². The SMILES string of the molecule is NCC(=O)NCC(=O)N[C@@H](CC(=O)O)C(=O)N[C@@H](CCC(=O)O)C(=O)O. The molecule has 0 aromatic heterocycles. The highest BCUT2D eigenvalue weighted by atomic mass is 16.4. The van der Waals surface area contributed by atoms with Gasteiger partial charge in [0.1, 0.15) is 12.1 Å². The van der Waals surface area contributed by atoms with E-state index in [2.05, 4.69) is 5.32 Å². The monoisotopic (exact) mass is 376 g/mol. The van der Waals surface area contributed by atoms with Crippen LogP contribution >= 0.6 is 0 Å². The van der Waals surface area contributed by atoms with Gasteiger partial charge < -0.3 is 37.0 Å². The molecular formula is C13H20N4O9. The number of nitrogens with two attached hydrogens (primary N) is 1. The predicted molar refractivity (Wildman–Crippen MR) is 82.7 cm³/mol. The summed E-state index contributed by atoms with van der Waals surface area (Å²) in [7, 11) is 0. The Morgan fingerprint density at radius 1 is 0.846 bits per heavy atom. The first-order chi connectivity index (χ1) is 12.1. The van der Waals surface area contributed by atoms with E-state index < -0.39 is 73.5 Å². The van der Waals surface area contributed by atoms with Gasteiger partial charge in [-0.2, -0.15) is 0 Å². The lowest BCUT2D eigenvalue weighted by atomic mass is 10.1. The molecule has 0 aromatic carbocycles. The quantitative estimate of drug-likeness (QED) is 0.177. The molecule has 0 aliphatic rings. The number of hydrogen-bond acceptors (Lipinski definition) is 7. The maximum Gasteiger partial charge on any atom is 0.326 e. The van der Waals surface area contributed by atoms with Crippen LogP contribution in [0.25, 0.3) is 0 Å². The number of carbonyl (C=O) groups excluding carboxylic acids is 3. The van der Waals surface area contributed by atoms with E-state index in [1.54, 1.807) is 0 Å². The molecule has 0 aliphatic heterocycles. The number of carbonyl (C=O) groups is 6. The molecule has 146 valence electrons. The van der Waals surface area contributed by atoms with E-state index in [-0.39, 0.29) is 6.54 Å². The Kier molecular flexibility index (Phi) is 9.95. The molecule has 0 aliphatic carbocycles. The van der Waals surface area contributed by atoms with Crippen LogP contribution in [0.5, 0.6) is 0 Å². The van der Waals surface area contributed by atoms with Crippen LogP contribution < -0.4 is 21.7 Å². The van der Waals surface area contributed by atoms with Gasteiger partial charge in [-0.1, -0.05) is 0 Å². The maximum atomic E-state index is 12.1. The van der Waals surface area contributed by atoms with Crippen LogP contribution in [0.3, 0.4) is 0 Å². The second-order valence-electron chi connectivity index (χ2n) is 5.03. The van der Waals surface area contributed by atoms with Gasteiger partial charge >= 0.3 is 17.9 Å². The van der Waals surface area contributed by atoms with E-state index in [1.807, 2.05) is 10.6 Å². The molecule has 8 N–H and O–H groups in total. The van der Waals surface area contributed by atoms with Gasteiger partial charge in [-0.15, -0.1) is 0 Å². The average molecular weight is 376 g/mol. The Balaban J connectivity index is 4.91. The van der Waals surface area contributed by atoms with Crippen LogP contribution in [0.4, 0.5) is 0 Å². The zero-order chi connectivity index (χ0) is 20.3. The summed E-state index contributed by atoms with van der Waals surface area (Å²) in [6.45, 7) is -0.947. The lowest BCUT2D eigenvalue weighted by molar-refractivity contribution is -0.144. The van der Waals surface area contributed by atoms with Gasteiger partial charge in [0.2, 0.25) is 17.7 Å². The van der Waals surface area contributed by atoms with Crippen LogP contribution in [0, 0.1) is 0 Å². The number of rotatable bonds is 12. The fraction of sp³-hybridized carbons (Fsp3) is 0.538. The first-order valence-electron chi connectivity index (χ1n) is 7.29. The highest BCUT2D eigenvalue weighted by molar-refractivity contribution is 5.94. The molecular weight excluding hydrogens is 356 g/mol. The van der Waals surface area contributed by atoms with Crippen molar-refractivity contribution in [2.24, 2.45) is 5.73 Å². The van der Waals surface area contributed by atoms with E-state index in [4.69, 9.17) is 21.1 Å². The predicted octanol–water partition coefficient (Wildman–Crippen LogP) is -3.54. The molecule has 26 heavy (non-hydrogen) atoms. The zero-order valence-electron chi connectivity index (χ0n) is 13.6. The van der Waals surface area contributed by atoms with Crippen LogP contribution in [-0.4, -0.2) is 76.1 Å². The summed E-state index contributed by atoms with van der Waals surface area (Å²) in [5, 5.41) is 32.5. The summed E-state index contributed by atoms with van der Waals surface area (Å²) in [6.07, 6.45) is -1.83. The normalized spacial score (nSPS) is 12.3. The summed E-state index contributed by atoms with van der Waals surface area (Å²) in [5.74, 6) is -6.92. The molecule has 3 amide bonds. The van der Waals surface area contributed by atoms with Crippen molar-refractivity contribution in [1.82, 2.24) is 16.0 Å². The maximum absolute atomic E-state index is 12.1. The van der Waals surface area contributed by atoms with E-state index in [0.29, 0.717) is 0 Å². The van der Waals surface area contributed by atoms with Crippen molar-refractivity contribution >= 4 is 35.6 Å². The Labute approximate surface area is 146 Å². The first-order valence-corrected chi connectivity index (χ1v) is 7.29. The molecule has 0 saturated carbocycles. The third-order valence-electron chi connectivity index (χ3n) is 2.92. The topological polar surface area (TPSA) is 225 Å². The van der Waals surface area contributed by atoms with Crippen molar-refractivity contribution < 1.29 is 44.1 Å². The van der Waals surface area contributed by atoms with Crippen LogP contribution in [0.2, 0.25) is 0 Å². The van der Waals surface area contributed by atoms with Gasteiger partial charge in [0.05, 0.1) is 19.5 Å². The van der Waals surface area contributed by atoms with Crippen LogP contribution in [0.15, 0.2) is 0 Å². The molecule has 0 unspecified atom stereocenters. The molecule has 0 rings (SSSR count). The largest absolute Gasteiger partial charge is 0.481 e. The van der Waals surface area contributed by atoms with Crippen molar-refractivity contribution in [3.63, 3.8) is 0 Å². The minimum atomic E-state index is -1.62. The molecule has 0 aromatic rings. The lowest BCUT2D eigenvalue weighted by Gasteiger charge is -2.20. The van der Waals surface area contributed by atoms with E-state index in [1.165, 1.54) is 0 Å². The average Bonchev–Trinajstić information content (AvgIpc) is 2.54. The van der Waals surface area contributed by atoms with Gasteiger partial charge in [0.15, 0.2) is 0 Å². The summed E-state index contributed by atoms with van der Waals surface area (Å²) in [6, 6.07) is -3.20. The zero-order valence-corrected chi connectivity index (χ0v) is 13.6. The van der Waals surface area contributed by atoms with E-state index in [0.717, 1.165) is 0 Å². The summed E-state index contributed by atoms with van der Waals surface area (Å²) in [5.41, 5.74) is 5.02. The van der Waals surface area contributed by atoms with Crippen molar-refractivity contribution in [2.75, 3.05) is 13.1 Å². The van der Waals surface area contributed by atoms with E-state index >= 15 is 0 Å². The fourth-order valence-electron chi connectivity index (χ4n) is 1.68.